The van der Waals surface area contributed by atoms with E-state index in [1.807, 2.05) is 0 Å². The molecule has 1 aromatic rings. The van der Waals surface area contributed by atoms with Crippen molar-refractivity contribution in [2.45, 2.75) is 13.3 Å². The van der Waals surface area contributed by atoms with Crippen LogP contribution >= 0.6 is 0 Å². The minimum atomic E-state index is -0.355. The van der Waals surface area contributed by atoms with Crippen molar-refractivity contribution in [3.05, 3.63) is 29.8 Å². The first-order chi connectivity index (χ1) is 13.0. The molecule has 1 heterocycles. The van der Waals surface area contributed by atoms with Crippen molar-refractivity contribution in [1.29, 1.82) is 0 Å². The molecule has 0 spiro atoms. The first-order valence-corrected chi connectivity index (χ1v) is 9.03. The van der Waals surface area contributed by atoms with E-state index in [4.69, 9.17) is 9.47 Å². The number of carbonyl (C=O) groups excluding carboxylic acids is 3. The van der Waals surface area contributed by atoms with Gasteiger partial charge in [0.25, 0.3) is 5.91 Å². The Labute approximate surface area is 159 Å². The smallest absolute Gasteiger partial charge is 0.307 e. The summed E-state index contributed by atoms with van der Waals surface area (Å²) in [6.45, 7) is 5.94. The number of carbonyl (C=O) groups is 3. The summed E-state index contributed by atoms with van der Waals surface area (Å²) in [5.74, 6) is -0.736. The molecule has 2 rings (SSSR count). The van der Waals surface area contributed by atoms with E-state index < -0.39 is 0 Å². The molecule has 1 saturated heterocycles. The number of rotatable bonds is 8. The molecule has 0 aliphatic carbocycles. The highest BCUT2D eigenvalue weighted by atomic mass is 16.5. The molecule has 1 aromatic carbocycles. The lowest BCUT2D eigenvalue weighted by molar-refractivity contribution is -0.140. The Kier molecular flexibility index (Phi) is 8.22. The van der Waals surface area contributed by atoms with E-state index >= 15 is 0 Å². The summed E-state index contributed by atoms with van der Waals surface area (Å²) < 4.78 is 10.0. The molecular formula is C19H27N3O5. The van der Waals surface area contributed by atoms with Gasteiger partial charge < -0.3 is 19.7 Å². The van der Waals surface area contributed by atoms with Crippen LogP contribution in [0.4, 0.5) is 5.69 Å². The van der Waals surface area contributed by atoms with Crippen LogP contribution < -0.4 is 5.32 Å². The number of esters is 1. The van der Waals surface area contributed by atoms with Gasteiger partial charge in [-0.1, -0.05) is 6.07 Å². The summed E-state index contributed by atoms with van der Waals surface area (Å²) in [4.78, 5) is 39.6. The van der Waals surface area contributed by atoms with Crippen molar-refractivity contribution < 1.29 is 23.9 Å². The van der Waals surface area contributed by atoms with E-state index in [1.165, 1.54) is 14.0 Å². The molecule has 27 heavy (non-hydrogen) atoms. The fourth-order valence-corrected chi connectivity index (χ4v) is 2.85. The molecule has 1 fully saturated rings. The molecule has 2 amide bonds. The summed E-state index contributed by atoms with van der Waals surface area (Å²) in [5, 5.41) is 2.68. The van der Waals surface area contributed by atoms with Gasteiger partial charge in [0.15, 0.2) is 0 Å². The molecule has 1 aliphatic heterocycles. The van der Waals surface area contributed by atoms with Crippen molar-refractivity contribution in [3.8, 4) is 0 Å². The maximum absolute atomic E-state index is 13.0. The second-order valence-electron chi connectivity index (χ2n) is 6.33. The van der Waals surface area contributed by atoms with E-state index in [2.05, 4.69) is 10.2 Å². The molecule has 0 saturated carbocycles. The minimum Gasteiger partial charge on any atom is -0.469 e. The Morgan fingerprint density at radius 3 is 2.63 bits per heavy atom. The zero-order valence-corrected chi connectivity index (χ0v) is 15.9. The number of nitrogens with one attached hydrogen (secondary N) is 1. The Morgan fingerprint density at radius 1 is 1.22 bits per heavy atom. The van der Waals surface area contributed by atoms with Crippen molar-refractivity contribution in [2.75, 3.05) is 58.4 Å². The highest BCUT2D eigenvalue weighted by molar-refractivity contribution is 5.97. The molecule has 0 aromatic heterocycles. The van der Waals surface area contributed by atoms with E-state index in [1.54, 1.807) is 29.2 Å². The second-order valence-corrected chi connectivity index (χ2v) is 6.33. The molecule has 1 N–H and O–H groups in total. The molecule has 0 radical (unpaired) electrons. The third kappa shape index (κ3) is 6.99. The largest absolute Gasteiger partial charge is 0.469 e. The average Bonchev–Trinajstić information content (AvgIpc) is 2.67. The lowest BCUT2D eigenvalue weighted by Gasteiger charge is -2.30. The second kappa shape index (κ2) is 10.6. The summed E-state index contributed by atoms with van der Waals surface area (Å²) in [6.07, 6.45) is 0.136. The molecule has 0 bridgehead atoms. The van der Waals surface area contributed by atoms with Gasteiger partial charge in [0, 0.05) is 50.9 Å². The topological polar surface area (TPSA) is 88.2 Å². The predicted octanol–water partition coefficient (Wildman–Crippen LogP) is 0.983. The summed E-state index contributed by atoms with van der Waals surface area (Å²) >= 11 is 0. The van der Waals surface area contributed by atoms with Gasteiger partial charge in [0.05, 0.1) is 26.7 Å². The Balaban J connectivity index is 2.06. The number of ether oxygens (including phenoxy) is 2. The SMILES string of the molecule is COC(=O)CCN(CCN1CCOCC1)C(=O)c1cccc(NC(C)=O)c1. The van der Waals surface area contributed by atoms with Crippen molar-refractivity contribution in [2.24, 2.45) is 0 Å². The number of benzene rings is 1. The van der Waals surface area contributed by atoms with Gasteiger partial charge in [-0.2, -0.15) is 0 Å². The minimum absolute atomic E-state index is 0.136. The molecule has 148 valence electrons. The normalized spacial score (nSPS) is 14.4. The predicted molar refractivity (Wildman–Crippen MR) is 101 cm³/mol. The third-order valence-electron chi connectivity index (χ3n) is 4.32. The Morgan fingerprint density at radius 2 is 1.96 bits per heavy atom. The van der Waals surface area contributed by atoms with Gasteiger partial charge in [0.2, 0.25) is 5.91 Å². The van der Waals surface area contributed by atoms with E-state index in [0.29, 0.717) is 37.6 Å². The first kappa shape index (κ1) is 20.9. The van der Waals surface area contributed by atoms with Crippen molar-refractivity contribution in [3.63, 3.8) is 0 Å². The summed E-state index contributed by atoms with van der Waals surface area (Å²) in [6, 6.07) is 6.79. The van der Waals surface area contributed by atoms with Crippen LogP contribution in [0.25, 0.3) is 0 Å². The molecule has 8 heteroatoms. The first-order valence-electron chi connectivity index (χ1n) is 9.03. The van der Waals surface area contributed by atoms with Gasteiger partial charge in [-0.25, -0.2) is 0 Å². The summed E-state index contributed by atoms with van der Waals surface area (Å²) in [5.41, 5.74) is 1.03. The van der Waals surface area contributed by atoms with E-state index in [9.17, 15) is 14.4 Å². The zero-order chi connectivity index (χ0) is 19.6. The van der Waals surface area contributed by atoms with E-state index in [0.717, 1.165) is 13.1 Å². The Hall–Kier alpha value is -2.45. The van der Waals surface area contributed by atoms with Crippen LogP contribution in [0, 0.1) is 0 Å². The van der Waals surface area contributed by atoms with Crippen LogP contribution in [-0.4, -0.2) is 80.6 Å². The lowest BCUT2D eigenvalue weighted by atomic mass is 10.1. The van der Waals surface area contributed by atoms with Gasteiger partial charge in [0.1, 0.15) is 0 Å². The average molecular weight is 377 g/mol. The number of anilines is 1. The number of hydrogen-bond acceptors (Lipinski definition) is 6. The maximum Gasteiger partial charge on any atom is 0.307 e. The van der Waals surface area contributed by atoms with Crippen LogP contribution in [0.2, 0.25) is 0 Å². The van der Waals surface area contributed by atoms with Crippen LogP contribution in [0.3, 0.4) is 0 Å². The Bertz CT molecular complexity index is 659. The van der Waals surface area contributed by atoms with Crippen molar-refractivity contribution >= 4 is 23.5 Å². The number of methoxy groups -OCH3 is 1. The van der Waals surface area contributed by atoms with Crippen LogP contribution in [0.1, 0.15) is 23.7 Å². The molecule has 8 nitrogen and oxygen atoms in total. The fraction of sp³-hybridized carbons (Fsp3) is 0.526. The lowest BCUT2D eigenvalue weighted by Crippen LogP contribution is -2.43. The van der Waals surface area contributed by atoms with Gasteiger partial charge >= 0.3 is 5.97 Å². The number of hydrogen-bond donors (Lipinski definition) is 1. The van der Waals surface area contributed by atoms with E-state index in [-0.39, 0.29) is 30.7 Å². The molecule has 0 unspecified atom stereocenters. The molecule has 1 aliphatic rings. The highest BCUT2D eigenvalue weighted by Crippen LogP contribution is 2.13. The quantitative estimate of drug-likeness (QED) is 0.680. The fourth-order valence-electron chi connectivity index (χ4n) is 2.85. The van der Waals surface area contributed by atoms with Gasteiger partial charge in [-0.05, 0) is 18.2 Å². The van der Waals surface area contributed by atoms with Crippen LogP contribution in [0.5, 0.6) is 0 Å². The van der Waals surface area contributed by atoms with Gasteiger partial charge in [-0.15, -0.1) is 0 Å². The van der Waals surface area contributed by atoms with Crippen LogP contribution in [-0.2, 0) is 19.1 Å². The molecular weight excluding hydrogens is 350 g/mol. The number of nitrogens with zero attached hydrogens (tertiary/aromatic N) is 2. The number of amides is 2. The van der Waals surface area contributed by atoms with Crippen LogP contribution in [0.15, 0.2) is 24.3 Å². The maximum atomic E-state index is 13.0. The van der Waals surface area contributed by atoms with Crippen molar-refractivity contribution in [1.82, 2.24) is 9.80 Å². The summed E-state index contributed by atoms with van der Waals surface area (Å²) in [7, 11) is 1.33. The third-order valence-corrected chi connectivity index (χ3v) is 4.32. The highest BCUT2D eigenvalue weighted by Gasteiger charge is 2.19. The monoisotopic (exact) mass is 377 g/mol. The number of morpholine rings is 1. The standard InChI is InChI=1S/C19H27N3O5/c1-15(23)20-17-5-3-4-16(14-17)19(25)22(7-6-18(24)26-2)9-8-21-10-12-27-13-11-21/h3-5,14H,6-13H2,1-2H3,(H,20,23). The zero-order valence-electron chi connectivity index (χ0n) is 15.9. The van der Waals surface area contributed by atoms with Gasteiger partial charge in [-0.3, -0.25) is 19.3 Å². The molecule has 0 atom stereocenters.